The lowest BCUT2D eigenvalue weighted by Gasteiger charge is -2.44. The SMILES string of the molecule is CCN(CC)C1(C(O)c2cc(F)ccc2F)CCCC1. The minimum Gasteiger partial charge on any atom is -0.386 e. The lowest BCUT2D eigenvalue weighted by molar-refractivity contribution is -0.0287. The number of nitrogens with zero attached hydrogens (tertiary/aromatic N) is 1. The molecule has 0 radical (unpaired) electrons. The fraction of sp³-hybridized carbons (Fsp3) is 0.625. The molecular formula is C16H23F2NO. The maximum absolute atomic E-state index is 14.0. The van der Waals surface area contributed by atoms with Gasteiger partial charge < -0.3 is 5.11 Å². The van der Waals surface area contributed by atoms with E-state index in [2.05, 4.69) is 4.90 Å². The van der Waals surface area contributed by atoms with Crippen LogP contribution in [-0.2, 0) is 0 Å². The fourth-order valence-corrected chi connectivity index (χ4v) is 3.62. The summed E-state index contributed by atoms with van der Waals surface area (Å²) in [5.74, 6) is -1.04. The van der Waals surface area contributed by atoms with E-state index in [1.54, 1.807) is 0 Å². The van der Waals surface area contributed by atoms with Crippen LogP contribution < -0.4 is 0 Å². The first-order valence-electron chi connectivity index (χ1n) is 7.43. The first-order chi connectivity index (χ1) is 9.55. The van der Waals surface area contributed by atoms with Crippen molar-refractivity contribution in [1.29, 1.82) is 0 Å². The van der Waals surface area contributed by atoms with Crippen LogP contribution in [0.25, 0.3) is 0 Å². The number of hydrogen-bond donors (Lipinski definition) is 1. The third kappa shape index (κ3) is 2.59. The van der Waals surface area contributed by atoms with Crippen molar-refractivity contribution in [3.05, 3.63) is 35.4 Å². The average molecular weight is 283 g/mol. The Hall–Kier alpha value is -1.00. The number of benzene rings is 1. The van der Waals surface area contributed by atoms with Crippen LogP contribution in [0.15, 0.2) is 18.2 Å². The van der Waals surface area contributed by atoms with Crippen LogP contribution in [0.1, 0.15) is 51.2 Å². The molecule has 20 heavy (non-hydrogen) atoms. The van der Waals surface area contributed by atoms with Gasteiger partial charge in [-0.25, -0.2) is 8.78 Å². The van der Waals surface area contributed by atoms with E-state index in [-0.39, 0.29) is 5.56 Å². The van der Waals surface area contributed by atoms with E-state index in [0.717, 1.165) is 57.0 Å². The largest absolute Gasteiger partial charge is 0.386 e. The van der Waals surface area contributed by atoms with Crippen molar-refractivity contribution in [3.63, 3.8) is 0 Å². The zero-order valence-corrected chi connectivity index (χ0v) is 12.2. The second kappa shape index (κ2) is 6.19. The fourth-order valence-electron chi connectivity index (χ4n) is 3.62. The van der Waals surface area contributed by atoms with Gasteiger partial charge in [-0.15, -0.1) is 0 Å². The minimum absolute atomic E-state index is 0.0822. The Morgan fingerprint density at radius 3 is 2.35 bits per heavy atom. The number of hydrogen-bond acceptors (Lipinski definition) is 2. The molecule has 2 nitrogen and oxygen atoms in total. The molecule has 1 aromatic rings. The maximum Gasteiger partial charge on any atom is 0.129 e. The molecule has 1 aliphatic carbocycles. The van der Waals surface area contributed by atoms with Crippen molar-refractivity contribution in [2.45, 2.75) is 51.2 Å². The summed E-state index contributed by atoms with van der Waals surface area (Å²) in [6.07, 6.45) is 2.70. The predicted octanol–water partition coefficient (Wildman–Crippen LogP) is 3.65. The molecule has 1 saturated carbocycles. The molecule has 1 N–H and O–H groups in total. The molecule has 2 rings (SSSR count). The van der Waals surface area contributed by atoms with Crippen LogP contribution in [-0.4, -0.2) is 28.6 Å². The summed E-state index contributed by atoms with van der Waals surface area (Å²) in [4.78, 5) is 2.19. The Morgan fingerprint density at radius 1 is 1.20 bits per heavy atom. The van der Waals surface area contributed by atoms with Gasteiger partial charge in [0.1, 0.15) is 17.7 Å². The molecule has 0 bridgehead atoms. The van der Waals surface area contributed by atoms with Crippen LogP contribution in [0.5, 0.6) is 0 Å². The lowest BCUT2D eigenvalue weighted by Crippen LogP contribution is -2.51. The van der Waals surface area contributed by atoms with Gasteiger partial charge in [0.2, 0.25) is 0 Å². The van der Waals surface area contributed by atoms with Crippen LogP contribution in [0.4, 0.5) is 8.78 Å². The van der Waals surface area contributed by atoms with Crippen molar-refractivity contribution >= 4 is 0 Å². The molecule has 4 heteroatoms. The van der Waals surface area contributed by atoms with Crippen LogP contribution in [0, 0.1) is 11.6 Å². The zero-order chi connectivity index (χ0) is 14.8. The minimum atomic E-state index is -0.986. The predicted molar refractivity (Wildman–Crippen MR) is 75.4 cm³/mol. The van der Waals surface area contributed by atoms with E-state index < -0.39 is 23.3 Å². The summed E-state index contributed by atoms with van der Waals surface area (Å²) in [6.45, 7) is 5.67. The first-order valence-corrected chi connectivity index (χ1v) is 7.43. The molecule has 1 aliphatic rings. The van der Waals surface area contributed by atoms with Gasteiger partial charge in [0.15, 0.2) is 0 Å². The Labute approximate surface area is 119 Å². The van der Waals surface area contributed by atoms with Gasteiger partial charge in [-0.3, -0.25) is 4.90 Å². The van der Waals surface area contributed by atoms with Gasteiger partial charge in [0.05, 0.1) is 5.54 Å². The molecule has 1 unspecified atom stereocenters. The molecule has 1 fully saturated rings. The molecule has 1 aromatic carbocycles. The van der Waals surface area contributed by atoms with Gasteiger partial charge in [0.25, 0.3) is 0 Å². The molecule has 1 atom stereocenters. The highest BCUT2D eigenvalue weighted by molar-refractivity contribution is 5.25. The van der Waals surface area contributed by atoms with E-state index in [1.807, 2.05) is 13.8 Å². The number of rotatable bonds is 5. The second-order valence-electron chi connectivity index (χ2n) is 5.55. The molecule has 0 spiro atoms. The molecule has 112 valence electrons. The monoisotopic (exact) mass is 283 g/mol. The zero-order valence-electron chi connectivity index (χ0n) is 12.2. The summed E-state index contributed by atoms with van der Waals surface area (Å²) in [5, 5.41) is 10.8. The Kier molecular flexibility index (Phi) is 4.76. The highest BCUT2D eigenvalue weighted by Gasteiger charge is 2.45. The van der Waals surface area contributed by atoms with E-state index in [1.165, 1.54) is 0 Å². The normalized spacial score (nSPS) is 19.5. The Balaban J connectivity index is 2.41. The quantitative estimate of drug-likeness (QED) is 0.891. The topological polar surface area (TPSA) is 23.5 Å². The van der Waals surface area contributed by atoms with Gasteiger partial charge in [0, 0.05) is 5.56 Å². The van der Waals surface area contributed by atoms with E-state index in [4.69, 9.17) is 0 Å². The number of likely N-dealkylation sites (N-methyl/N-ethyl adjacent to an activating group) is 1. The summed E-state index contributed by atoms with van der Waals surface area (Å²) in [7, 11) is 0. The van der Waals surface area contributed by atoms with Gasteiger partial charge in [-0.2, -0.15) is 0 Å². The Bertz CT molecular complexity index is 454. The molecule has 0 amide bonds. The van der Waals surface area contributed by atoms with Crippen molar-refractivity contribution < 1.29 is 13.9 Å². The van der Waals surface area contributed by atoms with Gasteiger partial charge in [-0.1, -0.05) is 26.7 Å². The highest BCUT2D eigenvalue weighted by Crippen LogP contribution is 2.45. The van der Waals surface area contributed by atoms with Crippen LogP contribution in [0.3, 0.4) is 0 Å². The van der Waals surface area contributed by atoms with Crippen molar-refractivity contribution in [2.24, 2.45) is 0 Å². The molecule has 0 aliphatic heterocycles. The van der Waals surface area contributed by atoms with E-state index >= 15 is 0 Å². The highest BCUT2D eigenvalue weighted by atomic mass is 19.1. The number of aliphatic hydroxyl groups excluding tert-OH is 1. The number of aliphatic hydroxyl groups is 1. The van der Waals surface area contributed by atoms with Gasteiger partial charge in [-0.05, 0) is 44.1 Å². The molecule has 0 heterocycles. The van der Waals surface area contributed by atoms with Gasteiger partial charge >= 0.3 is 0 Å². The molecule has 0 aromatic heterocycles. The smallest absolute Gasteiger partial charge is 0.129 e. The maximum atomic E-state index is 14.0. The Morgan fingerprint density at radius 2 is 1.80 bits per heavy atom. The lowest BCUT2D eigenvalue weighted by atomic mass is 9.83. The van der Waals surface area contributed by atoms with E-state index in [9.17, 15) is 13.9 Å². The van der Waals surface area contributed by atoms with Crippen LogP contribution in [0.2, 0.25) is 0 Å². The summed E-state index contributed by atoms with van der Waals surface area (Å²) in [6, 6.07) is 3.31. The van der Waals surface area contributed by atoms with Crippen molar-refractivity contribution in [3.8, 4) is 0 Å². The van der Waals surface area contributed by atoms with E-state index in [0.29, 0.717) is 0 Å². The average Bonchev–Trinajstić information content (AvgIpc) is 2.93. The number of halogens is 2. The van der Waals surface area contributed by atoms with Crippen LogP contribution >= 0.6 is 0 Å². The van der Waals surface area contributed by atoms with Crippen molar-refractivity contribution in [2.75, 3.05) is 13.1 Å². The summed E-state index contributed by atoms with van der Waals surface area (Å²) >= 11 is 0. The molecular weight excluding hydrogens is 260 g/mol. The van der Waals surface area contributed by atoms with Crippen molar-refractivity contribution in [1.82, 2.24) is 4.90 Å². The third-order valence-corrected chi connectivity index (χ3v) is 4.62. The first kappa shape index (κ1) is 15.4. The summed E-state index contributed by atoms with van der Waals surface area (Å²) < 4.78 is 27.4. The summed E-state index contributed by atoms with van der Waals surface area (Å²) in [5.41, 5.74) is -0.378. The third-order valence-electron chi connectivity index (χ3n) is 4.62. The molecule has 0 saturated heterocycles. The standard InChI is InChI=1S/C16H23F2NO/c1-3-19(4-2)16(9-5-6-10-16)15(20)13-11-12(17)7-8-14(13)18/h7-8,11,15,20H,3-6,9-10H2,1-2H3. The second-order valence-corrected chi connectivity index (χ2v) is 5.55.